The molecule has 0 saturated heterocycles. The van der Waals surface area contributed by atoms with E-state index >= 15 is 0 Å². The van der Waals surface area contributed by atoms with Gasteiger partial charge in [0.1, 0.15) is 24.8 Å². The van der Waals surface area contributed by atoms with Crippen molar-refractivity contribution in [2.45, 2.75) is 6.61 Å². The number of nitrogens with one attached hydrogen (secondary N) is 2. The monoisotopic (exact) mass is 383 g/mol. The van der Waals surface area contributed by atoms with Gasteiger partial charge in [0.25, 0.3) is 17.5 Å². The lowest BCUT2D eigenvalue weighted by Crippen LogP contribution is -2.58. The van der Waals surface area contributed by atoms with Gasteiger partial charge in [0.05, 0.1) is 5.56 Å². The minimum Gasteiger partial charge on any atom is -0.501 e. The van der Waals surface area contributed by atoms with E-state index in [9.17, 15) is 28.3 Å². The highest BCUT2D eigenvalue weighted by molar-refractivity contribution is 6.50. The molecule has 0 fully saturated rings. The van der Waals surface area contributed by atoms with Crippen molar-refractivity contribution in [2.75, 3.05) is 6.54 Å². The SMILES string of the molecule is N=C1C(=[NH2+])C(O)=C(C(=O)NCC(=O)O)C(=O)N1OCc1c(F)cccc1F. The molecule has 27 heavy (non-hydrogen) atoms. The number of amides is 2. The first kappa shape index (κ1) is 19.7. The smallest absolute Gasteiger partial charge is 0.322 e. The number of carboxylic acids is 1. The number of aliphatic hydroxyl groups excluding tert-OH is 1. The largest absolute Gasteiger partial charge is 0.501 e. The van der Waals surface area contributed by atoms with Crippen molar-refractivity contribution in [3.63, 3.8) is 0 Å². The zero-order chi connectivity index (χ0) is 20.3. The molecule has 10 nitrogen and oxygen atoms in total. The van der Waals surface area contributed by atoms with Gasteiger partial charge in [-0.2, -0.15) is 5.06 Å². The Hall–Kier alpha value is -3.67. The van der Waals surface area contributed by atoms with Gasteiger partial charge in [0.15, 0.2) is 5.57 Å². The van der Waals surface area contributed by atoms with Gasteiger partial charge in [-0.1, -0.05) is 6.07 Å². The number of aliphatic carboxylic acids is 1. The highest BCUT2D eigenvalue weighted by Gasteiger charge is 2.43. The summed E-state index contributed by atoms with van der Waals surface area (Å²) < 4.78 is 27.3. The summed E-state index contributed by atoms with van der Waals surface area (Å²) in [5, 5.41) is 33.6. The van der Waals surface area contributed by atoms with E-state index in [1.165, 1.54) is 0 Å². The molecule has 2 amide bonds. The Morgan fingerprint density at radius 1 is 1.30 bits per heavy atom. The first-order chi connectivity index (χ1) is 12.6. The molecule has 2 rings (SSSR count). The van der Waals surface area contributed by atoms with Crippen LogP contribution in [0.25, 0.3) is 0 Å². The summed E-state index contributed by atoms with van der Waals surface area (Å²) in [5.74, 6) is -7.94. The Bertz CT molecular complexity index is 878. The fraction of sp³-hybridized carbons (Fsp3) is 0.133. The second kappa shape index (κ2) is 7.70. The number of carbonyl (C=O) groups excluding carboxylic acids is 2. The Labute approximate surface area is 149 Å². The molecule has 1 aromatic carbocycles. The number of carboxylic acid groups (broad SMARTS) is 1. The summed E-state index contributed by atoms with van der Waals surface area (Å²) >= 11 is 0. The Morgan fingerprint density at radius 3 is 2.44 bits per heavy atom. The third-order valence-electron chi connectivity index (χ3n) is 3.38. The number of halogens is 2. The predicted octanol–water partition coefficient (Wildman–Crippen LogP) is -1.57. The lowest BCUT2D eigenvalue weighted by atomic mass is 10.1. The molecule has 0 unspecified atom stereocenters. The number of hydrogen-bond donors (Lipinski definition) is 5. The molecule has 0 bridgehead atoms. The summed E-state index contributed by atoms with van der Waals surface area (Å²) in [7, 11) is 0. The average Bonchev–Trinajstić information content (AvgIpc) is 2.60. The van der Waals surface area contributed by atoms with Gasteiger partial charge in [0.2, 0.25) is 11.6 Å². The van der Waals surface area contributed by atoms with Gasteiger partial charge < -0.3 is 15.5 Å². The second-order valence-corrected chi connectivity index (χ2v) is 5.14. The standard InChI is InChI=1S/C15H12F2N4O6/c16-7-2-1-3-8(17)6(7)5-27-21-13(19)11(18)12(24)10(15(21)26)14(25)20-4-9(22)23/h1-3,18-19,24H,4-5H2,(H,20,25)(H,22,23)/p+1. The zero-order valence-corrected chi connectivity index (χ0v) is 13.5. The molecule has 6 N–H and O–H groups in total. The number of benzene rings is 1. The van der Waals surface area contributed by atoms with Crippen LogP contribution in [0.3, 0.4) is 0 Å². The Balaban J connectivity index is 2.27. The minimum absolute atomic E-state index is 0.163. The summed E-state index contributed by atoms with van der Waals surface area (Å²) in [6, 6.07) is 3.00. The highest BCUT2D eigenvalue weighted by Crippen LogP contribution is 2.19. The molecule has 0 radical (unpaired) electrons. The lowest BCUT2D eigenvalue weighted by Gasteiger charge is -2.25. The Kier molecular flexibility index (Phi) is 5.60. The van der Waals surface area contributed by atoms with E-state index in [1.54, 1.807) is 0 Å². The van der Waals surface area contributed by atoms with E-state index in [4.69, 9.17) is 20.8 Å². The summed E-state index contributed by atoms with van der Waals surface area (Å²) in [6.07, 6.45) is 0. The highest BCUT2D eigenvalue weighted by atomic mass is 19.1. The van der Waals surface area contributed by atoms with Crippen molar-refractivity contribution in [3.05, 3.63) is 46.7 Å². The van der Waals surface area contributed by atoms with Gasteiger partial charge in [-0.15, -0.1) is 0 Å². The van der Waals surface area contributed by atoms with E-state index in [0.717, 1.165) is 18.2 Å². The second-order valence-electron chi connectivity index (χ2n) is 5.14. The van der Waals surface area contributed by atoms with Gasteiger partial charge in [-0.25, -0.2) is 14.2 Å². The lowest BCUT2D eigenvalue weighted by molar-refractivity contribution is -0.167. The number of carbonyl (C=O) groups is 3. The number of hydrogen-bond acceptors (Lipinski definition) is 6. The number of rotatable bonds is 6. The van der Waals surface area contributed by atoms with E-state index < -0.39 is 71.0 Å². The zero-order valence-electron chi connectivity index (χ0n) is 13.5. The maximum atomic E-state index is 13.6. The van der Waals surface area contributed by atoms with Crippen molar-refractivity contribution in [1.82, 2.24) is 10.4 Å². The maximum Gasteiger partial charge on any atom is 0.322 e. The number of hydroxylamine groups is 2. The van der Waals surface area contributed by atoms with Gasteiger partial charge >= 0.3 is 5.97 Å². The molecule has 0 atom stereocenters. The normalized spacial score (nSPS) is 14.6. The van der Waals surface area contributed by atoms with E-state index in [2.05, 4.69) is 0 Å². The molecule has 12 heteroatoms. The Morgan fingerprint density at radius 2 is 1.89 bits per heavy atom. The van der Waals surface area contributed by atoms with E-state index in [-0.39, 0.29) is 5.06 Å². The first-order valence-corrected chi connectivity index (χ1v) is 7.20. The molecule has 1 heterocycles. The van der Waals surface area contributed by atoms with Crippen molar-refractivity contribution < 1.29 is 43.6 Å². The van der Waals surface area contributed by atoms with Gasteiger partial charge in [-0.3, -0.25) is 24.6 Å². The summed E-state index contributed by atoms with van der Waals surface area (Å²) in [4.78, 5) is 39.7. The quantitative estimate of drug-likeness (QED) is 0.372. The fourth-order valence-electron chi connectivity index (χ4n) is 2.03. The first-order valence-electron chi connectivity index (χ1n) is 7.20. The summed E-state index contributed by atoms with van der Waals surface area (Å²) in [6.45, 7) is -1.69. The van der Waals surface area contributed by atoms with Crippen LogP contribution in [0.1, 0.15) is 5.56 Å². The molecular weight excluding hydrogens is 370 g/mol. The van der Waals surface area contributed by atoms with Crippen molar-refractivity contribution in [3.8, 4) is 0 Å². The molecule has 0 saturated carbocycles. The molecule has 1 aromatic rings. The number of nitrogens with two attached hydrogens (primary N) is 1. The average molecular weight is 383 g/mol. The van der Waals surface area contributed by atoms with Crippen LogP contribution in [0, 0.1) is 17.0 Å². The molecule has 1 aliphatic heterocycles. The maximum absolute atomic E-state index is 13.6. The molecule has 1 aliphatic rings. The molecule has 0 aromatic heterocycles. The molecule has 0 aliphatic carbocycles. The fourth-order valence-corrected chi connectivity index (χ4v) is 2.03. The number of nitrogens with zero attached hydrogens (tertiary/aromatic N) is 1. The number of amidine groups is 1. The predicted molar refractivity (Wildman–Crippen MR) is 83.0 cm³/mol. The van der Waals surface area contributed by atoms with Crippen LogP contribution >= 0.6 is 0 Å². The third kappa shape index (κ3) is 3.95. The van der Waals surface area contributed by atoms with Gasteiger partial charge in [-0.05, 0) is 12.1 Å². The van der Waals surface area contributed by atoms with E-state index in [0.29, 0.717) is 0 Å². The van der Waals surface area contributed by atoms with Crippen LogP contribution in [0.15, 0.2) is 29.5 Å². The van der Waals surface area contributed by atoms with Crippen molar-refractivity contribution in [2.24, 2.45) is 0 Å². The van der Waals surface area contributed by atoms with Crippen LogP contribution in [0.5, 0.6) is 0 Å². The van der Waals surface area contributed by atoms with Crippen LogP contribution in [-0.4, -0.2) is 51.2 Å². The molecule has 0 spiro atoms. The van der Waals surface area contributed by atoms with E-state index in [1.807, 2.05) is 5.32 Å². The number of aliphatic hydroxyl groups is 1. The minimum atomic E-state index is -1.42. The van der Waals surface area contributed by atoms with Crippen molar-refractivity contribution in [1.29, 1.82) is 5.41 Å². The van der Waals surface area contributed by atoms with Crippen LogP contribution in [-0.2, 0) is 25.8 Å². The third-order valence-corrected chi connectivity index (χ3v) is 3.38. The topological polar surface area (TPSA) is 166 Å². The van der Waals surface area contributed by atoms with Gasteiger partial charge in [0, 0.05) is 0 Å². The molecule has 142 valence electrons. The van der Waals surface area contributed by atoms with Crippen molar-refractivity contribution >= 4 is 29.3 Å². The summed E-state index contributed by atoms with van der Waals surface area (Å²) in [5.41, 5.74) is -2.27. The van der Waals surface area contributed by atoms with Crippen LogP contribution < -0.4 is 10.7 Å². The molecular formula is C15H13F2N4O6+. The van der Waals surface area contributed by atoms with Crippen LogP contribution in [0.4, 0.5) is 8.78 Å². The van der Waals surface area contributed by atoms with Crippen LogP contribution in [0.2, 0.25) is 0 Å².